The molecule has 0 amide bonds. The number of aryl methyl sites for hydroxylation is 1. The van der Waals surface area contributed by atoms with Crippen molar-refractivity contribution in [3.05, 3.63) is 42.1 Å². The molecular formula is C12H15N3O3S. The number of rotatable bonds is 5. The van der Waals surface area contributed by atoms with Crippen LogP contribution in [0.2, 0.25) is 0 Å². The molecule has 0 saturated carbocycles. The van der Waals surface area contributed by atoms with Gasteiger partial charge in [-0.1, -0.05) is 0 Å². The van der Waals surface area contributed by atoms with Gasteiger partial charge in [-0.3, -0.25) is 4.72 Å². The fraction of sp³-hybridized carbons (Fsp3) is 0.250. The van der Waals surface area contributed by atoms with Crippen LogP contribution in [0.4, 0.5) is 11.4 Å². The Balaban J connectivity index is 2.06. The maximum Gasteiger partial charge on any atom is 0.229 e. The van der Waals surface area contributed by atoms with E-state index in [9.17, 15) is 8.42 Å². The van der Waals surface area contributed by atoms with Crippen molar-refractivity contribution >= 4 is 21.4 Å². The van der Waals surface area contributed by atoms with Gasteiger partial charge in [0.2, 0.25) is 10.0 Å². The van der Waals surface area contributed by atoms with E-state index in [1.807, 2.05) is 13.0 Å². The molecule has 0 saturated heterocycles. The summed E-state index contributed by atoms with van der Waals surface area (Å²) >= 11 is 0. The van der Waals surface area contributed by atoms with E-state index in [0.29, 0.717) is 12.2 Å². The van der Waals surface area contributed by atoms with Crippen molar-refractivity contribution in [2.75, 3.05) is 16.3 Å². The first-order valence-electron chi connectivity index (χ1n) is 5.64. The second-order valence-electron chi connectivity index (χ2n) is 4.23. The standard InChI is InChI=1S/C12H15N3O3S/c1-9-5-10(14-7-11-6-13-8-18-11)3-4-12(9)15-19(2,16)17/h3-6,8,14-15H,7H2,1-2H3. The molecule has 2 rings (SSSR count). The van der Waals surface area contributed by atoms with Crippen LogP contribution in [-0.4, -0.2) is 19.7 Å². The van der Waals surface area contributed by atoms with Crippen LogP contribution in [0.3, 0.4) is 0 Å². The average Bonchev–Trinajstić information content (AvgIpc) is 2.81. The van der Waals surface area contributed by atoms with Crippen molar-refractivity contribution < 1.29 is 12.8 Å². The van der Waals surface area contributed by atoms with Gasteiger partial charge in [-0.15, -0.1) is 0 Å². The molecule has 0 bridgehead atoms. The van der Waals surface area contributed by atoms with Crippen LogP contribution in [-0.2, 0) is 16.6 Å². The van der Waals surface area contributed by atoms with E-state index in [-0.39, 0.29) is 0 Å². The Morgan fingerprint density at radius 1 is 1.37 bits per heavy atom. The third-order valence-corrected chi connectivity index (χ3v) is 3.06. The molecule has 0 fully saturated rings. The number of nitrogens with one attached hydrogen (secondary N) is 2. The molecule has 1 aromatic heterocycles. The predicted molar refractivity (Wildman–Crippen MR) is 73.5 cm³/mol. The van der Waals surface area contributed by atoms with Crippen molar-refractivity contribution in [1.29, 1.82) is 0 Å². The molecule has 0 aliphatic heterocycles. The first-order chi connectivity index (χ1) is 8.94. The molecule has 1 aromatic carbocycles. The van der Waals surface area contributed by atoms with Gasteiger partial charge in [-0.25, -0.2) is 13.4 Å². The van der Waals surface area contributed by atoms with Gasteiger partial charge >= 0.3 is 0 Å². The summed E-state index contributed by atoms with van der Waals surface area (Å²) in [4.78, 5) is 3.82. The van der Waals surface area contributed by atoms with Crippen molar-refractivity contribution in [2.45, 2.75) is 13.5 Å². The maximum absolute atomic E-state index is 11.2. The molecule has 19 heavy (non-hydrogen) atoms. The summed E-state index contributed by atoms with van der Waals surface area (Å²) in [6, 6.07) is 5.39. The van der Waals surface area contributed by atoms with E-state index >= 15 is 0 Å². The molecule has 1 heterocycles. The zero-order chi connectivity index (χ0) is 13.9. The predicted octanol–water partition coefficient (Wildman–Crippen LogP) is 1.97. The molecule has 6 nitrogen and oxygen atoms in total. The highest BCUT2D eigenvalue weighted by Crippen LogP contribution is 2.20. The molecule has 0 unspecified atom stereocenters. The minimum Gasteiger partial charge on any atom is -0.447 e. The Morgan fingerprint density at radius 3 is 2.74 bits per heavy atom. The van der Waals surface area contributed by atoms with Crippen molar-refractivity contribution in [1.82, 2.24) is 4.98 Å². The van der Waals surface area contributed by atoms with E-state index in [2.05, 4.69) is 15.0 Å². The number of aromatic nitrogens is 1. The van der Waals surface area contributed by atoms with Gasteiger partial charge < -0.3 is 9.73 Å². The highest BCUT2D eigenvalue weighted by atomic mass is 32.2. The maximum atomic E-state index is 11.2. The molecule has 0 aliphatic rings. The monoisotopic (exact) mass is 281 g/mol. The molecule has 2 N–H and O–H groups in total. The summed E-state index contributed by atoms with van der Waals surface area (Å²) < 4.78 is 29.9. The zero-order valence-corrected chi connectivity index (χ0v) is 11.5. The summed E-state index contributed by atoms with van der Waals surface area (Å²) in [7, 11) is -3.25. The van der Waals surface area contributed by atoms with E-state index in [1.165, 1.54) is 6.39 Å². The van der Waals surface area contributed by atoms with E-state index in [4.69, 9.17) is 4.42 Å². The topological polar surface area (TPSA) is 84.2 Å². The third-order valence-electron chi connectivity index (χ3n) is 2.47. The Morgan fingerprint density at radius 2 is 2.16 bits per heavy atom. The molecule has 0 atom stereocenters. The van der Waals surface area contributed by atoms with Gasteiger partial charge in [0.1, 0.15) is 5.76 Å². The molecule has 102 valence electrons. The van der Waals surface area contributed by atoms with E-state index < -0.39 is 10.0 Å². The van der Waals surface area contributed by atoms with E-state index in [0.717, 1.165) is 23.3 Å². The second kappa shape index (κ2) is 5.31. The number of anilines is 2. The number of oxazole rings is 1. The normalized spacial score (nSPS) is 11.3. The largest absolute Gasteiger partial charge is 0.447 e. The molecule has 0 radical (unpaired) electrons. The SMILES string of the molecule is Cc1cc(NCc2cnco2)ccc1NS(C)(=O)=O. The van der Waals surface area contributed by atoms with Crippen LogP contribution >= 0.6 is 0 Å². The van der Waals surface area contributed by atoms with Crippen LogP contribution < -0.4 is 10.0 Å². The minimum absolute atomic E-state index is 0.526. The number of nitrogens with zero attached hydrogens (tertiary/aromatic N) is 1. The highest BCUT2D eigenvalue weighted by Gasteiger charge is 2.05. The number of benzene rings is 1. The summed E-state index contributed by atoms with van der Waals surface area (Å²) in [5, 5.41) is 3.17. The quantitative estimate of drug-likeness (QED) is 0.875. The fourth-order valence-corrected chi connectivity index (χ4v) is 2.23. The smallest absolute Gasteiger partial charge is 0.229 e. The number of sulfonamides is 1. The van der Waals surface area contributed by atoms with Gasteiger partial charge in [-0.05, 0) is 30.7 Å². The van der Waals surface area contributed by atoms with Crippen LogP contribution in [0.5, 0.6) is 0 Å². The average molecular weight is 281 g/mol. The molecule has 2 aromatic rings. The lowest BCUT2D eigenvalue weighted by atomic mass is 10.2. The molecule has 0 spiro atoms. The van der Waals surface area contributed by atoms with Crippen LogP contribution in [0.15, 0.2) is 35.2 Å². The van der Waals surface area contributed by atoms with Crippen molar-refractivity contribution in [3.8, 4) is 0 Å². The van der Waals surface area contributed by atoms with Gasteiger partial charge in [0, 0.05) is 5.69 Å². The number of hydrogen-bond acceptors (Lipinski definition) is 5. The minimum atomic E-state index is -3.25. The summed E-state index contributed by atoms with van der Waals surface area (Å²) in [5.41, 5.74) is 2.30. The lowest BCUT2D eigenvalue weighted by Crippen LogP contribution is -2.10. The van der Waals surface area contributed by atoms with Gasteiger partial charge in [0.15, 0.2) is 6.39 Å². The van der Waals surface area contributed by atoms with Gasteiger partial charge in [0.25, 0.3) is 0 Å². The summed E-state index contributed by atoms with van der Waals surface area (Å²) in [6.45, 7) is 2.37. The molecule has 0 aliphatic carbocycles. The highest BCUT2D eigenvalue weighted by molar-refractivity contribution is 7.92. The van der Waals surface area contributed by atoms with Crippen LogP contribution in [0.1, 0.15) is 11.3 Å². The molecule has 7 heteroatoms. The van der Waals surface area contributed by atoms with Crippen LogP contribution in [0.25, 0.3) is 0 Å². The van der Waals surface area contributed by atoms with Gasteiger partial charge in [0.05, 0.1) is 24.7 Å². The number of hydrogen-bond donors (Lipinski definition) is 2. The Hall–Kier alpha value is -2.02. The van der Waals surface area contributed by atoms with Gasteiger partial charge in [-0.2, -0.15) is 0 Å². The second-order valence-corrected chi connectivity index (χ2v) is 5.97. The first-order valence-corrected chi connectivity index (χ1v) is 7.53. The Bertz CT molecular complexity index is 651. The molecular weight excluding hydrogens is 266 g/mol. The summed E-state index contributed by atoms with van der Waals surface area (Å²) in [5.74, 6) is 0.732. The Labute approximate surface area is 111 Å². The first kappa shape index (κ1) is 13.4. The summed E-state index contributed by atoms with van der Waals surface area (Å²) in [6.07, 6.45) is 4.14. The van der Waals surface area contributed by atoms with Crippen molar-refractivity contribution in [2.24, 2.45) is 0 Å². The van der Waals surface area contributed by atoms with Crippen molar-refractivity contribution in [3.63, 3.8) is 0 Å². The lowest BCUT2D eigenvalue weighted by molar-refractivity contribution is 0.512. The lowest BCUT2D eigenvalue weighted by Gasteiger charge is -2.10. The zero-order valence-electron chi connectivity index (χ0n) is 10.7. The fourth-order valence-electron chi connectivity index (χ4n) is 1.61. The third kappa shape index (κ3) is 3.99. The van der Waals surface area contributed by atoms with E-state index in [1.54, 1.807) is 18.3 Å². The Kier molecular flexibility index (Phi) is 3.75. The van der Waals surface area contributed by atoms with Crippen LogP contribution in [0, 0.1) is 6.92 Å².